The molecule has 2 aromatic rings. The lowest BCUT2D eigenvalue weighted by atomic mass is 10.0. The molecule has 5 rings (SSSR count). The van der Waals surface area contributed by atoms with Gasteiger partial charge in [-0.25, -0.2) is 0 Å². The normalized spacial score (nSPS) is 19.9. The minimum atomic E-state index is 0.0182. The van der Waals surface area contributed by atoms with E-state index >= 15 is 0 Å². The fourth-order valence-corrected chi connectivity index (χ4v) is 6.17. The molecule has 10 heteroatoms. The van der Waals surface area contributed by atoms with E-state index in [-0.39, 0.29) is 6.54 Å². The van der Waals surface area contributed by atoms with Crippen LogP contribution in [-0.2, 0) is 17.7 Å². The van der Waals surface area contributed by atoms with Crippen LogP contribution in [0.2, 0.25) is 0 Å². The monoisotopic (exact) mass is 551 g/mol. The molecule has 3 aliphatic heterocycles. The van der Waals surface area contributed by atoms with Crippen LogP contribution in [-0.4, -0.2) is 93.5 Å². The predicted molar refractivity (Wildman–Crippen MR) is 161 cm³/mol. The molecule has 2 N–H and O–H groups in total. The summed E-state index contributed by atoms with van der Waals surface area (Å²) in [7, 11) is 3.94. The summed E-state index contributed by atoms with van der Waals surface area (Å²) in [6, 6.07) is 9.36. The highest BCUT2D eigenvalue weighted by Gasteiger charge is 2.28. The van der Waals surface area contributed by atoms with E-state index in [0.29, 0.717) is 17.8 Å². The second-order valence-corrected chi connectivity index (χ2v) is 11.2. The van der Waals surface area contributed by atoms with Crippen LogP contribution >= 0.6 is 0 Å². The Labute approximate surface area is 238 Å². The molecule has 0 atom stereocenters. The number of methoxy groups -OCH3 is 1. The zero-order valence-corrected chi connectivity index (χ0v) is 24.3. The molecule has 0 radical (unpaired) electrons. The van der Waals surface area contributed by atoms with Gasteiger partial charge in [0.25, 0.3) is 0 Å². The summed E-state index contributed by atoms with van der Waals surface area (Å²) in [5.41, 5.74) is 5.40. The van der Waals surface area contributed by atoms with Crippen LogP contribution in [0.25, 0.3) is 0 Å². The molecule has 3 aliphatic rings. The molecule has 0 unspecified atom stereocenters. The molecule has 1 aromatic heterocycles. The van der Waals surface area contributed by atoms with Crippen molar-refractivity contribution >= 4 is 22.7 Å². The number of nitrogens with zero attached hydrogens (tertiary/aromatic N) is 5. The SMILES string of the molecule is CCc1nc(CN=O)c(Nc2ccc(N3CCC(N4CCN(C)CC4)CC3)c(OC)c2)cc1NC1CCOCC1. The van der Waals surface area contributed by atoms with E-state index < -0.39 is 0 Å². The van der Waals surface area contributed by atoms with Gasteiger partial charge in [-0.3, -0.25) is 9.88 Å². The molecule has 4 heterocycles. The molecule has 0 bridgehead atoms. The van der Waals surface area contributed by atoms with E-state index in [4.69, 9.17) is 14.5 Å². The van der Waals surface area contributed by atoms with Crippen LogP contribution in [0.15, 0.2) is 29.4 Å². The molecule has 3 fully saturated rings. The van der Waals surface area contributed by atoms with Crippen molar-refractivity contribution in [2.45, 2.75) is 57.7 Å². The molecule has 3 saturated heterocycles. The summed E-state index contributed by atoms with van der Waals surface area (Å²) in [6.07, 6.45) is 5.05. The van der Waals surface area contributed by atoms with Crippen LogP contribution in [0.5, 0.6) is 5.75 Å². The Bertz CT molecular complexity index is 1120. The first-order valence-corrected chi connectivity index (χ1v) is 14.9. The number of rotatable bonds is 10. The number of nitrogens with one attached hydrogen (secondary N) is 2. The number of likely N-dealkylation sites (N-methyl/N-ethyl adjacent to an activating group) is 1. The number of hydrogen-bond donors (Lipinski definition) is 2. The predicted octanol–water partition coefficient (Wildman–Crippen LogP) is 4.47. The summed E-state index contributed by atoms with van der Waals surface area (Å²) in [5, 5.41) is 10.3. The number of anilines is 4. The van der Waals surface area contributed by atoms with Gasteiger partial charge in [-0.15, -0.1) is 0 Å². The Morgan fingerprint density at radius 2 is 1.75 bits per heavy atom. The Morgan fingerprint density at radius 1 is 1.00 bits per heavy atom. The fraction of sp³-hybridized carbons (Fsp3) is 0.633. The van der Waals surface area contributed by atoms with Gasteiger partial charge in [0.2, 0.25) is 0 Å². The lowest BCUT2D eigenvalue weighted by Crippen LogP contribution is -2.52. The number of nitroso groups, excluding NO2 is 1. The van der Waals surface area contributed by atoms with E-state index in [9.17, 15) is 4.91 Å². The molecular formula is C30H45N7O3. The average molecular weight is 552 g/mol. The van der Waals surface area contributed by atoms with E-state index in [1.807, 2.05) is 6.07 Å². The summed E-state index contributed by atoms with van der Waals surface area (Å²) < 4.78 is 11.4. The van der Waals surface area contributed by atoms with Crippen LogP contribution in [0, 0.1) is 4.91 Å². The summed E-state index contributed by atoms with van der Waals surface area (Å²) in [5.74, 6) is 0.844. The van der Waals surface area contributed by atoms with Crippen molar-refractivity contribution in [2.24, 2.45) is 5.18 Å². The number of aryl methyl sites for hydroxylation is 1. The van der Waals surface area contributed by atoms with Crippen molar-refractivity contribution < 1.29 is 9.47 Å². The Kier molecular flexibility index (Phi) is 9.72. The number of benzene rings is 1. The van der Waals surface area contributed by atoms with E-state index in [0.717, 1.165) is 92.8 Å². The zero-order chi connectivity index (χ0) is 27.9. The highest BCUT2D eigenvalue weighted by molar-refractivity contribution is 5.72. The van der Waals surface area contributed by atoms with Gasteiger partial charge in [0.05, 0.1) is 35.6 Å². The third-order valence-electron chi connectivity index (χ3n) is 8.63. The third-order valence-corrected chi connectivity index (χ3v) is 8.63. The van der Waals surface area contributed by atoms with Gasteiger partial charge in [0.15, 0.2) is 0 Å². The van der Waals surface area contributed by atoms with Crippen molar-refractivity contribution in [1.82, 2.24) is 14.8 Å². The Balaban J connectivity index is 1.30. The molecule has 0 amide bonds. The van der Waals surface area contributed by atoms with Crippen molar-refractivity contribution in [2.75, 3.05) is 82.2 Å². The quantitative estimate of drug-likeness (QED) is 0.415. The highest BCUT2D eigenvalue weighted by atomic mass is 16.5. The van der Waals surface area contributed by atoms with Gasteiger partial charge in [-0.05, 0) is 57.4 Å². The number of ether oxygens (including phenoxy) is 2. The number of piperazine rings is 1. The molecule has 1 aromatic carbocycles. The number of pyridine rings is 1. The zero-order valence-electron chi connectivity index (χ0n) is 24.3. The van der Waals surface area contributed by atoms with Crippen molar-refractivity contribution in [3.8, 4) is 5.75 Å². The van der Waals surface area contributed by atoms with Crippen LogP contribution in [0.3, 0.4) is 0 Å². The molecule has 0 aliphatic carbocycles. The third kappa shape index (κ3) is 6.85. The molecule has 0 spiro atoms. The topological polar surface area (TPSA) is 94.6 Å². The van der Waals surface area contributed by atoms with E-state index in [1.165, 1.54) is 25.9 Å². The smallest absolute Gasteiger partial charge is 0.144 e. The Morgan fingerprint density at radius 3 is 2.42 bits per heavy atom. The molecule has 218 valence electrons. The van der Waals surface area contributed by atoms with Crippen molar-refractivity contribution in [3.05, 3.63) is 40.6 Å². The van der Waals surface area contributed by atoms with Crippen molar-refractivity contribution in [3.63, 3.8) is 0 Å². The first-order chi connectivity index (χ1) is 19.6. The summed E-state index contributed by atoms with van der Waals surface area (Å²) in [4.78, 5) is 23.6. The van der Waals surface area contributed by atoms with E-state index in [1.54, 1.807) is 7.11 Å². The maximum atomic E-state index is 11.3. The molecule has 0 saturated carbocycles. The second kappa shape index (κ2) is 13.6. The maximum absolute atomic E-state index is 11.3. The van der Waals surface area contributed by atoms with Gasteiger partial charge in [-0.1, -0.05) is 12.1 Å². The lowest BCUT2D eigenvalue weighted by molar-refractivity contribution is 0.0904. The first-order valence-electron chi connectivity index (χ1n) is 14.9. The van der Waals surface area contributed by atoms with Gasteiger partial charge >= 0.3 is 0 Å². The minimum Gasteiger partial charge on any atom is -0.495 e. The van der Waals surface area contributed by atoms with Crippen molar-refractivity contribution in [1.29, 1.82) is 0 Å². The van der Waals surface area contributed by atoms with Crippen LogP contribution in [0.1, 0.15) is 44.0 Å². The summed E-state index contributed by atoms with van der Waals surface area (Å²) >= 11 is 0. The van der Waals surface area contributed by atoms with Gasteiger partial charge < -0.3 is 29.9 Å². The second-order valence-electron chi connectivity index (χ2n) is 11.2. The van der Waals surface area contributed by atoms with Crippen LogP contribution < -0.4 is 20.3 Å². The number of hydrogen-bond acceptors (Lipinski definition) is 10. The largest absolute Gasteiger partial charge is 0.495 e. The first kappa shape index (κ1) is 28.6. The standard InChI is InChI=1S/C30H45N7O3/c1-4-25-26(32-22-9-17-40-18-10-22)20-27(28(34-25)21-31-38)33-23-5-6-29(30(19-23)39-3)37-11-7-24(8-12-37)36-15-13-35(2)14-16-36/h5-6,19-20,22,24,32-33H,4,7-18,21H2,1-3H3. The molecule has 40 heavy (non-hydrogen) atoms. The summed E-state index contributed by atoms with van der Waals surface area (Å²) in [6.45, 7) is 10.4. The van der Waals surface area contributed by atoms with Gasteiger partial charge in [-0.2, -0.15) is 4.91 Å². The number of piperidine rings is 1. The fourth-order valence-electron chi connectivity index (χ4n) is 6.17. The van der Waals surface area contributed by atoms with Crippen LogP contribution in [0.4, 0.5) is 22.7 Å². The molecular weight excluding hydrogens is 506 g/mol. The Hall–Kier alpha value is -2.95. The van der Waals surface area contributed by atoms with E-state index in [2.05, 4.69) is 62.7 Å². The lowest BCUT2D eigenvalue weighted by Gasteiger charge is -2.42. The van der Waals surface area contributed by atoms with Gasteiger partial charge in [0.1, 0.15) is 12.3 Å². The highest BCUT2D eigenvalue weighted by Crippen LogP contribution is 2.36. The maximum Gasteiger partial charge on any atom is 0.144 e. The number of aromatic nitrogens is 1. The minimum absolute atomic E-state index is 0.0182. The van der Waals surface area contributed by atoms with Gasteiger partial charge in [0, 0.05) is 76.3 Å². The average Bonchev–Trinajstić information content (AvgIpc) is 2.99. The molecule has 10 nitrogen and oxygen atoms in total.